The molecule has 0 radical (unpaired) electrons. The number of likely N-dealkylation sites (tertiary alicyclic amines) is 1. The van der Waals surface area contributed by atoms with Crippen LogP contribution in [0, 0.1) is 6.92 Å². The predicted molar refractivity (Wildman–Crippen MR) is 107 cm³/mol. The summed E-state index contributed by atoms with van der Waals surface area (Å²) in [4.78, 5) is 35.9. The lowest BCUT2D eigenvalue weighted by Gasteiger charge is -2.15. The van der Waals surface area contributed by atoms with Crippen LogP contribution in [0.15, 0.2) is 42.6 Å². The van der Waals surface area contributed by atoms with Gasteiger partial charge in [-0.25, -0.2) is 9.97 Å². The number of aryl methyl sites for hydroxylation is 1. The molecular formula is C21H23N5O2. The van der Waals surface area contributed by atoms with Crippen molar-refractivity contribution in [1.82, 2.24) is 19.4 Å². The molecule has 7 heteroatoms. The van der Waals surface area contributed by atoms with Crippen LogP contribution in [0.5, 0.6) is 0 Å². The number of hydrogen-bond acceptors (Lipinski definition) is 4. The lowest BCUT2D eigenvalue weighted by Crippen LogP contribution is -2.30. The summed E-state index contributed by atoms with van der Waals surface area (Å²) in [5, 5.41) is 2.81. The summed E-state index contributed by atoms with van der Waals surface area (Å²) in [7, 11) is 0. The van der Waals surface area contributed by atoms with Gasteiger partial charge in [-0.2, -0.15) is 0 Å². The van der Waals surface area contributed by atoms with Crippen LogP contribution in [0.25, 0.3) is 11.0 Å². The van der Waals surface area contributed by atoms with Crippen LogP contribution in [-0.4, -0.2) is 44.3 Å². The summed E-state index contributed by atoms with van der Waals surface area (Å²) in [6, 6.07) is 11.3. The molecule has 0 aliphatic carbocycles. The van der Waals surface area contributed by atoms with Gasteiger partial charge in [0.05, 0.1) is 17.5 Å². The molecule has 1 N–H and O–H groups in total. The maximum Gasteiger partial charge on any atom is 0.245 e. The van der Waals surface area contributed by atoms with Gasteiger partial charge in [-0.15, -0.1) is 0 Å². The topological polar surface area (TPSA) is 80.1 Å². The van der Waals surface area contributed by atoms with E-state index in [9.17, 15) is 9.59 Å². The second-order valence-corrected chi connectivity index (χ2v) is 7.14. The first-order chi connectivity index (χ1) is 13.6. The number of anilines is 1. The van der Waals surface area contributed by atoms with Gasteiger partial charge >= 0.3 is 0 Å². The third-order valence-corrected chi connectivity index (χ3v) is 4.98. The minimum atomic E-state index is -0.200. The summed E-state index contributed by atoms with van der Waals surface area (Å²) in [5.74, 6) is 0.990. The summed E-state index contributed by atoms with van der Waals surface area (Å²) >= 11 is 0. The third kappa shape index (κ3) is 3.88. The smallest absolute Gasteiger partial charge is 0.245 e. The maximum atomic E-state index is 12.6. The zero-order chi connectivity index (χ0) is 19.5. The molecule has 28 heavy (non-hydrogen) atoms. The van der Waals surface area contributed by atoms with Gasteiger partial charge in [0, 0.05) is 19.3 Å². The fraction of sp³-hybridized carbons (Fsp3) is 0.333. The summed E-state index contributed by atoms with van der Waals surface area (Å²) in [5.41, 5.74) is 2.66. The molecule has 7 nitrogen and oxygen atoms in total. The van der Waals surface area contributed by atoms with Crippen LogP contribution < -0.4 is 5.32 Å². The molecule has 1 saturated heterocycles. The van der Waals surface area contributed by atoms with Crippen molar-refractivity contribution in [2.75, 3.05) is 18.4 Å². The number of imidazole rings is 1. The fourth-order valence-corrected chi connectivity index (χ4v) is 3.52. The van der Waals surface area contributed by atoms with E-state index in [0.29, 0.717) is 11.6 Å². The zero-order valence-corrected chi connectivity index (χ0v) is 15.9. The molecule has 0 unspecified atom stereocenters. The molecule has 3 aromatic rings. The Kier molecular flexibility index (Phi) is 5.06. The van der Waals surface area contributed by atoms with Crippen molar-refractivity contribution in [2.24, 2.45) is 0 Å². The normalized spacial score (nSPS) is 13.8. The second kappa shape index (κ2) is 7.80. The molecule has 0 bridgehead atoms. The predicted octanol–water partition coefficient (Wildman–Crippen LogP) is 2.54. The van der Waals surface area contributed by atoms with E-state index in [0.717, 1.165) is 42.5 Å². The van der Waals surface area contributed by atoms with Crippen LogP contribution in [0.4, 0.5) is 5.82 Å². The van der Waals surface area contributed by atoms with Crippen molar-refractivity contribution in [3.05, 3.63) is 54.0 Å². The second-order valence-electron chi connectivity index (χ2n) is 7.14. The number of carbonyl (C=O) groups is 2. The molecule has 1 fully saturated rings. The molecule has 0 spiro atoms. The van der Waals surface area contributed by atoms with Gasteiger partial charge < -0.3 is 14.8 Å². The molecule has 2 aromatic heterocycles. The van der Waals surface area contributed by atoms with Crippen molar-refractivity contribution in [3.63, 3.8) is 0 Å². The third-order valence-electron chi connectivity index (χ3n) is 4.98. The van der Waals surface area contributed by atoms with Gasteiger partial charge in [0.15, 0.2) is 0 Å². The van der Waals surface area contributed by atoms with E-state index in [1.54, 1.807) is 12.3 Å². The number of pyridine rings is 1. The lowest BCUT2D eigenvalue weighted by molar-refractivity contribution is -0.129. The molecule has 144 valence electrons. The summed E-state index contributed by atoms with van der Waals surface area (Å²) < 4.78 is 1.83. The van der Waals surface area contributed by atoms with Crippen molar-refractivity contribution < 1.29 is 9.59 Å². The summed E-state index contributed by atoms with van der Waals surface area (Å²) in [6.07, 6.45) is 4.01. The van der Waals surface area contributed by atoms with E-state index < -0.39 is 0 Å². The van der Waals surface area contributed by atoms with Gasteiger partial charge in [0.25, 0.3) is 0 Å². The SMILES string of the molecule is Cc1ccc(NC(=O)Cn2c(CC(=O)N3CCCC3)nc3ccccc32)nc1. The molecule has 1 aliphatic heterocycles. The highest BCUT2D eigenvalue weighted by Crippen LogP contribution is 2.18. The van der Waals surface area contributed by atoms with E-state index in [-0.39, 0.29) is 24.8 Å². The number of rotatable bonds is 5. The lowest BCUT2D eigenvalue weighted by atomic mass is 10.3. The molecule has 0 atom stereocenters. The Morgan fingerprint density at radius 2 is 1.89 bits per heavy atom. The van der Waals surface area contributed by atoms with Gasteiger partial charge in [0.2, 0.25) is 11.8 Å². The van der Waals surface area contributed by atoms with E-state index in [4.69, 9.17) is 0 Å². The molecule has 2 amide bonds. The Balaban J connectivity index is 1.56. The van der Waals surface area contributed by atoms with E-state index in [1.165, 1.54) is 0 Å². The number of para-hydroxylation sites is 2. The Morgan fingerprint density at radius 3 is 2.64 bits per heavy atom. The van der Waals surface area contributed by atoms with Crippen molar-refractivity contribution in [3.8, 4) is 0 Å². The number of nitrogens with one attached hydrogen (secondary N) is 1. The quantitative estimate of drug-likeness (QED) is 0.741. The average Bonchev–Trinajstić information content (AvgIpc) is 3.33. The van der Waals surface area contributed by atoms with Crippen LogP contribution in [0.3, 0.4) is 0 Å². The minimum absolute atomic E-state index is 0.0645. The molecule has 4 rings (SSSR count). The Labute approximate surface area is 163 Å². The number of fused-ring (bicyclic) bond motifs is 1. The largest absolute Gasteiger partial charge is 0.342 e. The first-order valence-electron chi connectivity index (χ1n) is 9.54. The molecule has 3 heterocycles. The van der Waals surface area contributed by atoms with Crippen molar-refractivity contribution in [1.29, 1.82) is 0 Å². The van der Waals surface area contributed by atoms with E-state index >= 15 is 0 Å². The van der Waals surface area contributed by atoms with Crippen molar-refractivity contribution in [2.45, 2.75) is 32.7 Å². The highest BCUT2D eigenvalue weighted by molar-refractivity contribution is 5.91. The highest BCUT2D eigenvalue weighted by Gasteiger charge is 2.22. The van der Waals surface area contributed by atoms with Gasteiger partial charge in [-0.05, 0) is 43.5 Å². The number of benzene rings is 1. The Bertz CT molecular complexity index is 1000. The molecular weight excluding hydrogens is 354 g/mol. The van der Waals surface area contributed by atoms with E-state index in [1.807, 2.05) is 46.7 Å². The minimum Gasteiger partial charge on any atom is -0.342 e. The molecule has 0 saturated carbocycles. The maximum absolute atomic E-state index is 12.6. The molecule has 1 aromatic carbocycles. The van der Waals surface area contributed by atoms with Crippen LogP contribution in [0.2, 0.25) is 0 Å². The van der Waals surface area contributed by atoms with Crippen LogP contribution in [0.1, 0.15) is 24.2 Å². The fourth-order valence-electron chi connectivity index (χ4n) is 3.52. The van der Waals surface area contributed by atoms with Gasteiger partial charge in [-0.1, -0.05) is 18.2 Å². The first kappa shape index (κ1) is 18.2. The van der Waals surface area contributed by atoms with Crippen molar-refractivity contribution >= 4 is 28.7 Å². The highest BCUT2D eigenvalue weighted by atomic mass is 16.2. The van der Waals surface area contributed by atoms with E-state index in [2.05, 4.69) is 15.3 Å². The number of aromatic nitrogens is 3. The monoisotopic (exact) mass is 377 g/mol. The van der Waals surface area contributed by atoms with Gasteiger partial charge in [-0.3, -0.25) is 9.59 Å². The number of amides is 2. The summed E-state index contributed by atoms with van der Waals surface area (Å²) in [6.45, 7) is 3.63. The van der Waals surface area contributed by atoms with Crippen LogP contribution >= 0.6 is 0 Å². The number of carbonyl (C=O) groups excluding carboxylic acids is 2. The van der Waals surface area contributed by atoms with Gasteiger partial charge in [0.1, 0.15) is 18.2 Å². The Hall–Kier alpha value is -3.22. The number of hydrogen-bond donors (Lipinski definition) is 1. The number of nitrogens with zero attached hydrogens (tertiary/aromatic N) is 4. The molecule has 1 aliphatic rings. The Morgan fingerprint density at radius 1 is 1.11 bits per heavy atom. The average molecular weight is 377 g/mol. The first-order valence-corrected chi connectivity index (χ1v) is 9.54. The van der Waals surface area contributed by atoms with Crippen LogP contribution in [-0.2, 0) is 22.6 Å². The zero-order valence-electron chi connectivity index (χ0n) is 15.9. The standard InChI is InChI=1S/C21H23N5O2/c1-15-8-9-18(22-13-15)24-20(27)14-26-17-7-3-2-6-16(17)23-19(26)12-21(28)25-10-4-5-11-25/h2-3,6-9,13H,4-5,10-12,14H2,1H3,(H,22,24,27).